The Hall–Kier alpha value is -0.440. The zero-order chi connectivity index (χ0) is 11.8. The third-order valence-corrected chi connectivity index (χ3v) is 2.66. The van der Waals surface area contributed by atoms with Crippen LogP contribution < -0.4 is 0 Å². The quantitative estimate of drug-likeness (QED) is 0.411. The normalized spacial score (nSPS) is 11.6. The van der Waals surface area contributed by atoms with Gasteiger partial charge in [-0.1, -0.05) is 0 Å². The maximum atomic E-state index is 10.1. The zero-order valence-electron chi connectivity index (χ0n) is 7.59. The molecule has 86 valence electrons. The van der Waals surface area contributed by atoms with E-state index in [0.29, 0.717) is 0 Å². The van der Waals surface area contributed by atoms with Crippen molar-refractivity contribution >= 4 is 20.2 Å². The molecule has 0 aliphatic rings. The summed E-state index contributed by atoms with van der Waals surface area (Å²) in [5.74, 6) is -0.967. The number of rotatable bonds is 5. The average Bonchev–Trinajstić information content (AvgIpc) is 1.99. The summed E-state index contributed by atoms with van der Waals surface area (Å²) in [5, 5.41) is 0. The van der Waals surface area contributed by atoms with Gasteiger partial charge < -0.3 is 0 Å². The third-order valence-electron chi connectivity index (χ3n) is 1.05. The first-order chi connectivity index (χ1) is 6.21. The molecule has 14 heavy (non-hydrogen) atoms. The van der Waals surface area contributed by atoms with Crippen LogP contribution in [0.4, 0.5) is 0 Å². The Labute approximate surface area is 84.1 Å². The number of hydrogen-bond acceptors (Lipinski definition) is 4. The molecule has 8 heteroatoms. The molecule has 0 aromatic carbocycles. The Morgan fingerprint density at radius 1 is 0.786 bits per heavy atom. The molecule has 0 heterocycles. The van der Waals surface area contributed by atoms with Gasteiger partial charge in [-0.2, -0.15) is 16.8 Å². The van der Waals surface area contributed by atoms with E-state index in [1.807, 2.05) is 0 Å². The molecule has 0 aromatic rings. The summed E-state index contributed by atoms with van der Waals surface area (Å²) in [6.07, 6.45) is 0.0250. The van der Waals surface area contributed by atoms with Crippen LogP contribution in [0.25, 0.3) is 0 Å². The molecule has 0 aliphatic heterocycles. The van der Waals surface area contributed by atoms with Gasteiger partial charge in [-0.05, 0) is 12.8 Å². The Morgan fingerprint density at radius 2 is 1.00 bits per heavy atom. The van der Waals surface area contributed by atoms with Crippen molar-refractivity contribution in [1.29, 1.82) is 0 Å². The van der Waals surface area contributed by atoms with Crippen molar-refractivity contribution in [2.75, 3.05) is 11.5 Å². The minimum absolute atomic E-state index is 0.0125. The maximum Gasteiger partial charge on any atom is 0.264 e. The highest BCUT2D eigenvalue weighted by atomic mass is 32.2. The molecule has 0 radical (unpaired) electrons. The summed E-state index contributed by atoms with van der Waals surface area (Å²) in [5.41, 5.74) is 0. The van der Waals surface area contributed by atoms with Gasteiger partial charge in [-0.3, -0.25) is 9.11 Å². The summed E-state index contributed by atoms with van der Waals surface area (Å²) >= 11 is 0. The highest BCUT2D eigenvalue weighted by molar-refractivity contribution is 7.86. The first-order valence-corrected chi connectivity index (χ1v) is 6.83. The van der Waals surface area contributed by atoms with Gasteiger partial charge in [-0.25, -0.2) is 0 Å². The lowest BCUT2D eigenvalue weighted by Gasteiger charge is -1.96. The predicted molar refractivity (Wildman–Crippen MR) is 53.3 cm³/mol. The molecule has 0 aliphatic carbocycles. The monoisotopic (exact) mass is 246 g/mol. The molecule has 0 bridgehead atoms. The highest BCUT2D eigenvalue weighted by Crippen LogP contribution is 1.96. The van der Waals surface area contributed by atoms with Crippen LogP contribution >= 0.6 is 0 Å². The van der Waals surface area contributed by atoms with Crippen molar-refractivity contribution in [3.05, 3.63) is 13.2 Å². The van der Waals surface area contributed by atoms with Gasteiger partial charge in [0.1, 0.15) is 0 Å². The van der Waals surface area contributed by atoms with E-state index in [0.717, 1.165) is 0 Å². The van der Waals surface area contributed by atoms with E-state index in [4.69, 9.17) is 9.11 Å². The van der Waals surface area contributed by atoms with Gasteiger partial charge in [0, 0.05) is 0 Å². The molecule has 2 N–H and O–H groups in total. The molecule has 0 atom stereocenters. The van der Waals surface area contributed by atoms with E-state index in [9.17, 15) is 16.8 Å². The SMILES string of the molecule is C=C.O=S(=O)(O)CCCCS(=O)(=O)O. The molecule has 0 aromatic heterocycles. The average molecular weight is 246 g/mol. The lowest BCUT2D eigenvalue weighted by Crippen LogP contribution is -2.08. The van der Waals surface area contributed by atoms with Crippen molar-refractivity contribution < 1.29 is 25.9 Å². The van der Waals surface area contributed by atoms with Crippen molar-refractivity contribution in [3.63, 3.8) is 0 Å². The van der Waals surface area contributed by atoms with E-state index in [2.05, 4.69) is 13.2 Å². The summed E-state index contributed by atoms with van der Waals surface area (Å²) in [6.45, 7) is 6.00. The van der Waals surface area contributed by atoms with Crippen LogP contribution in [0.2, 0.25) is 0 Å². The van der Waals surface area contributed by atoms with Gasteiger partial charge in [-0.15, -0.1) is 13.2 Å². The molecule has 0 saturated carbocycles. The van der Waals surface area contributed by atoms with Crippen molar-refractivity contribution in [3.8, 4) is 0 Å². The Balaban J connectivity index is 0. The van der Waals surface area contributed by atoms with E-state index < -0.39 is 31.7 Å². The first-order valence-electron chi connectivity index (χ1n) is 3.61. The molecular weight excluding hydrogens is 232 g/mol. The van der Waals surface area contributed by atoms with Crippen LogP contribution in [-0.2, 0) is 20.2 Å². The second-order valence-electron chi connectivity index (χ2n) is 2.28. The van der Waals surface area contributed by atoms with Crippen LogP contribution in [0.15, 0.2) is 13.2 Å². The lowest BCUT2D eigenvalue weighted by atomic mass is 10.4. The first kappa shape index (κ1) is 16.0. The largest absolute Gasteiger partial charge is 0.286 e. The fourth-order valence-electron chi connectivity index (χ4n) is 0.569. The molecule has 0 unspecified atom stereocenters. The van der Waals surface area contributed by atoms with E-state index in [1.165, 1.54) is 0 Å². The van der Waals surface area contributed by atoms with Crippen molar-refractivity contribution in [2.45, 2.75) is 12.8 Å². The zero-order valence-corrected chi connectivity index (χ0v) is 9.22. The summed E-state index contributed by atoms with van der Waals surface area (Å²) in [6, 6.07) is 0. The van der Waals surface area contributed by atoms with Crippen LogP contribution in [-0.4, -0.2) is 37.4 Å². The van der Waals surface area contributed by atoms with Crippen LogP contribution in [0, 0.1) is 0 Å². The van der Waals surface area contributed by atoms with E-state index >= 15 is 0 Å². The van der Waals surface area contributed by atoms with Gasteiger partial charge in [0.05, 0.1) is 11.5 Å². The minimum atomic E-state index is -4.02. The van der Waals surface area contributed by atoms with Crippen molar-refractivity contribution in [2.24, 2.45) is 0 Å². The standard InChI is InChI=1S/C4H10O6S2.C2H4/c5-11(6,7)3-1-2-4-12(8,9)10;1-2/h1-4H2,(H,5,6,7)(H,8,9,10);1-2H2. The number of hydrogen-bond donors (Lipinski definition) is 2. The fraction of sp³-hybridized carbons (Fsp3) is 0.667. The maximum absolute atomic E-state index is 10.1. The Kier molecular flexibility index (Phi) is 7.93. The third kappa shape index (κ3) is 17.6. The summed E-state index contributed by atoms with van der Waals surface area (Å²) in [4.78, 5) is 0. The minimum Gasteiger partial charge on any atom is -0.286 e. The molecular formula is C6H14O6S2. The second-order valence-corrected chi connectivity index (χ2v) is 5.42. The lowest BCUT2D eigenvalue weighted by molar-refractivity contribution is 0.473. The Bertz CT molecular complexity index is 293. The highest BCUT2D eigenvalue weighted by Gasteiger charge is 2.07. The topological polar surface area (TPSA) is 109 Å². The predicted octanol–water partition coefficient (Wildman–Crippen LogP) is 0.344. The van der Waals surface area contributed by atoms with E-state index in [-0.39, 0.29) is 12.8 Å². The van der Waals surface area contributed by atoms with E-state index in [1.54, 1.807) is 0 Å². The van der Waals surface area contributed by atoms with Gasteiger partial charge in [0.2, 0.25) is 0 Å². The number of unbranched alkanes of at least 4 members (excludes halogenated alkanes) is 1. The van der Waals surface area contributed by atoms with Gasteiger partial charge in [0.25, 0.3) is 20.2 Å². The molecule has 0 amide bonds. The van der Waals surface area contributed by atoms with Gasteiger partial charge in [0.15, 0.2) is 0 Å². The molecule has 0 spiro atoms. The van der Waals surface area contributed by atoms with Gasteiger partial charge >= 0.3 is 0 Å². The van der Waals surface area contributed by atoms with Crippen molar-refractivity contribution in [1.82, 2.24) is 0 Å². The molecule has 0 fully saturated rings. The van der Waals surface area contributed by atoms with Crippen LogP contribution in [0.3, 0.4) is 0 Å². The smallest absolute Gasteiger partial charge is 0.264 e. The summed E-state index contributed by atoms with van der Waals surface area (Å²) in [7, 11) is -8.04. The molecule has 0 rings (SSSR count). The molecule has 6 nitrogen and oxygen atoms in total. The molecule has 0 saturated heterocycles. The second kappa shape index (κ2) is 6.93. The van der Waals surface area contributed by atoms with Crippen LogP contribution in [0.5, 0.6) is 0 Å². The van der Waals surface area contributed by atoms with Crippen LogP contribution in [0.1, 0.15) is 12.8 Å². The fourth-order valence-corrected chi connectivity index (χ4v) is 1.71. The summed E-state index contributed by atoms with van der Waals surface area (Å²) < 4.78 is 56.8. The Morgan fingerprint density at radius 3 is 1.14 bits per heavy atom.